The number of hydrogen-bond acceptors (Lipinski definition) is 5. The first-order chi connectivity index (χ1) is 13.6. The van der Waals surface area contributed by atoms with Crippen molar-refractivity contribution >= 4 is 44.2 Å². The lowest BCUT2D eigenvalue weighted by Gasteiger charge is -2.20. The van der Waals surface area contributed by atoms with E-state index in [4.69, 9.17) is 16.3 Å². The number of aromatic nitrogens is 3. The van der Waals surface area contributed by atoms with Crippen LogP contribution < -0.4 is 9.64 Å². The summed E-state index contributed by atoms with van der Waals surface area (Å²) in [5.74, 6) is 0.438. The third kappa shape index (κ3) is 3.34. The van der Waals surface area contributed by atoms with Crippen molar-refractivity contribution in [1.29, 1.82) is 0 Å². The van der Waals surface area contributed by atoms with E-state index < -0.39 is 0 Å². The second kappa shape index (κ2) is 7.61. The largest absolute Gasteiger partial charge is 0.494 e. The average molecular weight is 413 g/mol. The Morgan fingerprint density at radius 1 is 1.21 bits per heavy atom. The van der Waals surface area contributed by atoms with E-state index in [0.717, 1.165) is 10.3 Å². The summed E-state index contributed by atoms with van der Waals surface area (Å²) in [6.45, 7) is 0.380. The molecule has 4 aromatic rings. The monoisotopic (exact) mass is 412 g/mol. The number of amides is 1. The molecule has 0 unspecified atom stereocenters. The van der Waals surface area contributed by atoms with Crippen LogP contribution in [0, 0.1) is 0 Å². The molecule has 2 heterocycles. The van der Waals surface area contributed by atoms with E-state index in [0.29, 0.717) is 33.7 Å². The van der Waals surface area contributed by atoms with Crippen LogP contribution in [0.4, 0.5) is 5.13 Å². The van der Waals surface area contributed by atoms with Crippen LogP contribution in [0.3, 0.4) is 0 Å². The highest BCUT2D eigenvalue weighted by molar-refractivity contribution is 7.23. The maximum Gasteiger partial charge on any atom is 0.278 e. The molecule has 4 rings (SSSR count). The quantitative estimate of drug-likeness (QED) is 0.483. The van der Waals surface area contributed by atoms with Gasteiger partial charge in [0.05, 0.1) is 23.4 Å². The fraction of sp³-hybridized carbons (Fsp3) is 0.150. The van der Waals surface area contributed by atoms with Crippen LogP contribution in [0.1, 0.15) is 16.1 Å². The van der Waals surface area contributed by atoms with E-state index in [1.54, 1.807) is 48.1 Å². The molecule has 6 nitrogen and oxygen atoms in total. The maximum atomic E-state index is 13.3. The summed E-state index contributed by atoms with van der Waals surface area (Å²) in [7, 11) is 3.33. The molecular formula is C20H17ClN4O2S. The number of methoxy groups -OCH3 is 1. The molecule has 0 radical (unpaired) electrons. The molecule has 2 aromatic heterocycles. The summed E-state index contributed by atoms with van der Waals surface area (Å²) in [5.41, 5.74) is 2.12. The molecule has 0 saturated heterocycles. The lowest BCUT2D eigenvalue weighted by atomic mass is 10.2. The first-order valence-electron chi connectivity index (χ1n) is 8.55. The number of thiazole rings is 1. The summed E-state index contributed by atoms with van der Waals surface area (Å²) in [5, 5.41) is 5.24. The van der Waals surface area contributed by atoms with Gasteiger partial charge in [0.15, 0.2) is 5.13 Å². The van der Waals surface area contributed by atoms with Crippen molar-refractivity contribution in [2.75, 3.05) is 12.0 Å². The molecule has 0 aliphatic rings. The Labute approximate surface area is 170 Å². The number of fused-ring (bicyclic) bond motifs is 1. The van der Waals surface area contributed by atoms with Crippen molar-refractivity contribution in [1.82, 2.24) is 14.8 Å². The minimum absolute atomic E-state index is 0.182. The lowest BCUT2D eigenvalue weighted by Crippen LogP contribution is -2.31. The molecule has 0 atom stereocenters. The van der Waals surface area contributed by atoms with Crippen LogP contribution in [-0.4, -0.2) is 27.8 Å². The average Bonchev–Trinajstić information content (AvgIpc) is 3.34. The number of halogens is 1. The number of aryl methyl sites for hydroxylation is 1. The van der Waals surface area contributed by atoms with E-state index in [9.17, 15) is 4.79 Å². The standard InChI is InChI=1S/C20H17ClN4O2S/c1-24-15(10-11-22-24)19(26)25(12-13-6-4-3-5-7-13)20-23-17-16(27-2)9-8-14(21)18(17)28-20/h3-11H,12H2,1-2H3. The molecule has 28 heavy (non-hydrogen) atoms. The molecule has 1 amide bonds. The number of hydrogen-bond donors (Lipinski definition) is 0. The Hall–Kier alpha value is -2.90. The second-order valence-electron chi connectivity index (χ2n) is 6.14. The highest BCUT2D eigenvalue weighted by Gasteiger charge is 2.25. The van der Waals surface area contributed by atoms with E-state index in [1.165, 1.54) is 11.3 Å². The number of benzene rings is 2. The first kappa shape index (κ1) is 18.5. The number of carbonyl (C=O) groups is 1. The van der Waals surface area contributed by atoms with Crippen molar-refractivity contribution in [2.24, 2.45) is 7.05 Å². The van der Waals surface area contributed by atoms with Crippen LogP contribution in [-0.2, 0) is 13.6 Å². The zero-order valence-electron chi connectivity index (χ0n) is 15.3. The number of carbonyl (C=O) groups excluding carboxylic acids is 1. The Bertz CT molecular complexity index is 1140. The smallest absolute Gasteiger partial charge is 0.278 e. The molecule has 0 bridgehead atoms. The Kier molecular flexibility index (Phi) is 5.02. The van der Waals surface area contributed by atoms with Crippen molar-refractivity contribution in [2.45, 2.75) is 6.54 Å². The van der Waals surface area contributed by atoms with E-state index in [-0.39, 0.29) is 5.91 Å². The predicted octanol–water partition coefficient (Wildman–Crippen LogP) is 4.54. The highest BCUT2D eigenvalue weighted by Crippen LogP contribution is 2.39. The van der Waals surface area contributed by atoms with E-state index in [2.05, 4.69) is 10.1 Å². The van der Waals surface area contributed by atoms with Crippen molar-refractivity contribution in [3.63, 3.8) is 0 Å². The molecule has 8 heteroatoms. The topological polar surface area (TPSA) is 60.2 Å². The zero-order chi connectivity index (χ0) is 19.7. The minimum Gasteiger partial charge on any atom is -0.494 e. The van der Waals surface area contributed by atoms with Crippen LogP contribution in [0.15, 0.2) is 54.7 Å². The zero-order valence-corrected chi connectivity index (χ0v) is 16.9. The summed E-state index contributed by atoms with van der Waals surface area (Å²) >= 11 is 7.73. The van der Waals surface area contributed by atoms with Gasteiger partial charge in [-0.1, -0.05) is 53.3 Å². The first-order valence-corrected chi connectivity index (χ1v) is 9.74. The molecule has 0 fully saturated rings. The van der Waals surface area contributed by atoms with Gasteiger partial charge in [0.1, 0.15) is 17.0 Å². The highest BCUT2D eigenvalue weighted by atomic mass is 35.5. The van der Waals surface area contributed by atoms with Gasteiger partial charge in [0.2, 0.25) is 0 Å². The van der Waals surface area contributed by atoms with Crippen LogP contribution >= 0.6 is 22.9 Å². The fourth-order valence-corrected chi connectivity index (χ4v) is 4.19. The van der Waals surface area contributed by atoms with Crippen LogP contribution in [0.5, 0.6) is 5.75 Å². The Morgan fingerprint density at radius 2 is 2.00 bits per heavy atom. The summed E-state index contributed by atoms with van der Waals surface area (Å²) in [6, 6.07) is 15.0. The number of nitrogens with zero attached hydrogens (tertiary/aromatic N) is 4. The SMILES string of the molecule is COc1ccc(Cl)c2sc(N(Cc3ccccc3)C(=O)c3ccnn3C)nc12. The van der Waals surface area contributed by atoms with E-state index >= 15 is 0 Å². The van der Waals surface area contributed by atoms with Gasteiger partial charge >= 0.3 is 0 Å². The number of anilines is 1. The molecule has 0 aliphatic heterocycles. The maximum absolute atomic E-state index is 13.3. The van der Waals surface area contributed by atoms with Gasteiger partial charge in [-0.15, -0.1) is 0 Å². The number of ether oxygens (including phenoxy) is 1. The molecule has 142 valence electrons. The van der Waals surface area contributed by atoms with Gasteiger partial charge in [-0.3, -0.25) is 14.4 Å². The van der Waals surface area contributed by atoms with Gasteiger partial charge in [-0.05, 0) is 23.8 Å². The lowest BCUT2D eigenvalue weighted by molar-refractivity contribution is 0.0976. The second-order valence-corrected chi connectivity index (χ2v) is 7.53. The molecule has 0 spiro atoms. The minimum atomic E-state index is -0.182. The van der Waals surface area contributed by atoms with Gasteiger partial charge in [-0.25, -0.2) is 4.98 Å². The molecule has 0 saturated carbocycles. The molecule has 0 N–H and O–H groups in total. The van der Waals surface area contributed by atoms with Gasteiger partial charge in [0.25, 0.3) is 5.91 Å². The van der Waals surface area contributed by atoms with Gasteiger partial charge < -0.3 is 4.74 Å². The van der Waals surface area contributed by atoms with Gasteiger partial charge in [0, 0.05) is 13.2 Å². The Balaban J connectivity index is 1.83. The van der Waals surface area contributed by atoms with Crippen molar-refractivity contribution < 1.29 is 9.53 Å². The number of rotatable bonds is 5. The third-order valence-electron chi connectivity index (χ3n) is 4.37. The van der Waals surface area contributed by atoms with Crippen molar-refractivity contribution in [3.8, 4) is 5.75 Å². The van der Waals surface area contributed by atoms with E-state index in [1.807, 2.05) is 30.3 Å². The van der Waals surface area contributed by atoms with Gasteiger partial charge in [-0.2, -0.15) is 5.10 Å². The molecule has 2 aromatic carbocycles. The fourth-order valence-electron chi connectivity index (χ4n) is 2.94. The Morgan fingerprint density at radius 3 is 2.68 bits per heavy atom. The van der Waals surface area contributed by atoms with Crippen molar-refractivity contribution in [3.05, 3.63) is 71.0 Å². The summed E-state index contributed by atoms with van der Waals surface area (Å²) in [4.78, 5) is 19.6. The summed E-state index contributed by atoms with van der Waals surface area (Å²) < 4.78 is 7.75. The van der Waals surface area contributed by atoms with Crippen LogP contribution in [0.25, 0.3) is 10.2 Å². The predicted molar refractivity (Wildman–Crippen MR) is 111 cm³/mol. The molecular weight excluding hydrogens is 396 g/mol. The third-order valence-corrected chi connectivity index (χ3v) is 5.91. The van der Waals surface area contributed by atoms with Crippen LogP contribution in [0.2, 0.25) is 5.02 Å². The summed E-state index contributed by atoms with van der Waals surface area (Å²) in [6.07, 6.45) is 1.60. The molecule has 0 aliphatic carbocycles. The normalized spacial score (nSPS) is 11.0.